The molecule has 2 heterocycles. The van der Waals surface area contributed by atoms with Crippen LogP contribution in [0, 0.1) is 13.8 Å². The van der Waals surface area contributed by atoms with Gasteiger partial charge in [0.15, 0.2) is 5.82 Å². The number of hydrogen-bond acceptors (Lipinski definition) is 4. The van der Waals surface area contributed by atoms with E-state index < -0.39 is 0 Å². The minimum atomic E-state index is 0.509. The van der Waals surface area contributed by atoms with Gasteiger partial charge in [0.05, 0.1) is 11.3 Å². The molecule has 0 aliphatic rings. The first-order valence-electron chi connectivity index (χ1n) is 5.67. The van der Waals surface area contributed by atoms with Crippen LogP contribution in [0.4, 0.5) is 5.82 Å². The Morgan fingerprint density at radius 2 is 2.00 bits per heavy atom. The molecular formula is C12H17N5. The summed E-state index contributed by atoms with van der Waals surface area (Å²) < 4.78 is 1.84. The van der Waals surface area contributed by atoms with Gasteiger partial charge in [0.2, 0.25) is 0 Å². The molecule has 0 fully saturated rings. The molecular weight excluding hydrogens is 214 g/mol. The second kappa shape index (κ2) is 4.16. The zero-order valence-electron chi connectivity index (χ0n) is 10.7. The van der Waals surface area contributed by atoms with Gasteiger partial charge in [-0.25, -0.2) is 9.97 Å². The number of aryl methyl sites for hydroxylation is 3. The summed E-state index contributed by atoms with van der Waals surface area (Å²) in [5.74, 6) is 1.18. The van der Waals surface area contributed by atoms with E-state index in [0.29, 0.717) is 11.6 Å². The highest BCUT2D eigenvalue weighted by Crippen LogP contribution is 2.24. The van der Waals surface area contributed by atoms with E-state index in [1.54, 1.807) is 0 Å². The summed E-state index contributed by atoms with van der Waals surface area (Å²) in [4.78, 5) is 8.81. The van der Waals surface area contributed by atoms with Crippen LogP contribution < -0.4 is 5.73 Å². The van der Waals surface area contributed by atoms with Crippen LogP contribution in [-0.2, 0) is 13.5 Å². The average Bonchev–Trinajstić information content (AvgIpc) is 2.52. The molecule has 0 radical (unpaired) electrons. The Bertz CT molecular complexity index is 556. The van der Waals surface area contributed by atoms with Crippen LogP contribution in [0.3, 0.4) is 0 Å². The van der Waals surface area contributed by atoms with Crippen LogP contribution in [0.5, 0.6) is 0 Å². The molecule has 0 amide bonds. The molecule has 0 unspecified atom stereocenters. The maximum atomic E-state index is 5.80. The summed E-state index contributed by atoms with van der Waals surface area (Å²) in [5.41, 5.74) is 9.72. The average molecular weight is 231 g/mol. The van der Waals surface area contributed by atoms with Gasteiger partial charge in [-0.3, -0.25) is 4.68 Å². The molecule has 2 aromatic heterocycles. The fourth-order valence-corrected chi connectivity index (χ4v) is 1.91. The molecule has 17 heavy (non-hydrogen) atoms. The lowest BCUT2D eigenvalue weighted by Gasteiger charge is -2.04. The highest BCUT2D eigenvalue weighted by Gasteiger charge is 2.15. The van der Waals surface area contributed by atoms with Crippen LogP contribution in [-0.4, -0.2) is 19.7 Å². The van der Waals surface area contributed by atoms with E-state index in [9.17, 15) is 0 Å². The number of aromatic nitrogens is 4. The Kier molecular flexibility index (Phi) is 2.83. The van der Waals surface area contributed by atoms with Crippen molar-refractivity contribution in [2.24, 2.45) is 7.05 Å². The second-order valence-corrected chi connectivity index (χ2v) is 4.13. The van der Waals surface area contributed by atoms with Gasteiger partial charge in [-0.15, -0.1) is 0 Å². The molecule has 0 saturated carbocycles. The molecule has 0 aromatic carbocycles. The van der Waals surface area contributed by atoms with Crippen molar-refractivity contribution in [2.75, 3.05) is 5.73 Å². The summed E-state index contributed by atoms with van der Waals surface area (Å²) in [6, 6.07) is 1.81. The first-order valence-corrected chi connectivity index (χ1v) is 5.67. The predicted octanol–water partition coefficient (Wildman–Crippen LogP) is 1.64. The van der Waals surface area contributed by atoms with Gasteiger partial charge in [-0.2, -0.15) is 5.10 Å². The number of rotatable bonds is 2. The van der Waals surface area contributed by atoms with Gasteiger partial charge < -0.3 is 5.73 Å². The summed E-state index contributed by atoms with van der Waals surface area (Å²) >= 11 is 0. The van der Waals surface area contributed by atoms with E-state index >= 15 is 0 Å². The predicted molar refractivity (Wildman–Crippen MR) is 67.5 cm³/mol. The van der Waals surface area contributed by atoms with Gasteiger partial charge in [0.1, 0.15) is 5.82 Å². The van der Waals surface area contributed by atoms with Crippen LogP contribution in [0.1, 0.15) is 24.0 Å². The summed E-state index contributed by atoms with van der Waals surface area (Å²) in [6.45, 7) is 6.02. The van der Waals surface area contributed by atoms with Crippen molar-refractivity contribution < 1.29 is 0 Å². The number of hydrogen-bond donors (Lipinski definition) is 1. The standard InChI is InChI=1S/C12H17N5/c1-5-9-6-10(13)15-12(14-9)11-7(2)16-17(4)8(11)3/h6H,5H2,1-4H3,(H2,13,14,15). The van der Waals surface area contributed by atoms with E-state index in [1.807, 2.05) is 31.6 Å². The molecule has 2 N–H and O–H groups in total. The summed E-state index contributed by atoms with van der Waals surface area (Å²) in [5, 5.41) is 4.37. The third kappa shape index (κ3) is 2.00. The number of anilines is 1. The maximum Gasteiger partial charge on any atom is 0.165 e. The highest BCUT2D eigenvalue weighted by molar-refractivity contribution is 5.62. The van der Waals surface area contributed by atoms with Gasteiger partial charge in [-0.05, 0) is 20.3 Å². The van der Waals surface area contributed by atoms with Crippen molar-refractivity contribution >= 4 is 5.82 Å². The van der Waals surface area contributed by atoms with E-state index in [4.69, 9.17) is 5.73 Å². The Labute approximate surface area is 101 Å². The molecule has 5 heteroatoms. The zero-order chi connectivity index (χ0) is 12.6. The highest BCUT2D eigenvalue weighted by atomic mass is 15.3. The molecule has 0 atom stereocenters. The normalized spacial score (nSPS) is 10.8. The lowest BCUT2D eigenvalue weighted by Crippen LogP contribution is -2.01. The van der Waals surface area contributed by atoms with Gasteiger partial charge in [0.25, 0.3) is 0 Å². The first-order chi connectivity index (χ1) is 8.02. The van der Waals surface area contributed by atoms with E-state index in [1.165, 1.54) is 0 Å². The van der Waals surface area contributed by atoms with E-state index in [0.717, 1.165) is 29.1 Å². The Balaban J connectivity index is 2.63. The zero-order valence-corrected chi connectivity index (χ0v) is 10.7. The maximum absolute atomic E-state index is 5.80. The Morgan fingerprint density at radius 1 is 1.29 bits per heavy atom. The third-order valence-electron chi connectivity index (χ3n) is 2.89. The van der Waals surface area contributed by atoms with Gasteiger partial charge in [-0.1, -0.05) is 6.92 Å². The fourth-order valence-electron chi connectivity index (χ4n) is 1.91. The lowest BCUT2D eigenvalue weighted by molar-refractivity contribution is 0.731. The largest absolute Gasteiger partial charge is 0.384 e. The molecule has 0 spiro atoms. The quantitative estimate of drug-likeness (QED) is 0.853. The van der Waals surface area contributed by atoms with Crippen molar-refractivity contribution in [2.45, 2.75) is 27.2 Å². The van der Waals surface area contributed by atoms with Crippen molar-refractivity contribution in [3.63, 3.8) is 0 Å². The molecule has 2 rings (SSSR count). The smallest absolute Gasteiger partial charge is 0.165 e. The van der Waals surface area contributed by atoms with Crippen molar-refractivity contribution in [1.82, 2.24) is 19.7 Å². The monoisotopic (exact) mass is 231 g/mol. The van der Waals surface area contributed by atoms with Crippen LogP contribution >= 0.6 is 0 Å². The third-order valence-corrected chi connectivity index (χ3v) is 2.89. The number of nitrogen functional groups attached to an aromatic ring is 1. The molecule has 5 nitrogen and oxygen atoms in total. The molecule has 0 saturated heterocycles. The topological polar surface area (TPSA) is 69.6 Å². The van der Waals surface area contributed by atoms with Crippen LogP contribution in [0.25, 0.3) is 11.4 Å². The van der Waals surface area contributed by atoms with Gasteiger partial charge >= 0.3 is 0 Å². The summed E-state index contributed by atoms with van der Waals surface area (Å²) in [6.07, 6.45) is 0.845. The SMILES string of the molecule is CCc1cc(N)nc(-c2c(C)nn(C)c2C)n1. The molecule has 90 valence electrons. The van der Waals surface area contributed by atoms with Crippen LogP contribution in [0.2, 0.25) is 0 Å². The summed E-state index contributed by atoms with van der Waals surface area (Å²) in [7, 11) is 1.92. The van der Waals surface area contributed by atoms with Crippen molar-refractivity contribution in [3.05, 3.63) is 23.1 Å². The van der Waals surface area contributed by atoms with Crippen molar-refractivity contribution in [3.8, 4) is 11.4 Å². The van der Waals surface area contributed by atoms with Crippen LogP contribution in [0.15, 0.2) is 6.07 Å². The van der Waals surface area contributed by atoms with E-state index in [2.05, 4.69) is 22.0 Å². The minimum Gasteiger partial charge on any atom is -0.384 e. The lowest BCUT2D eigenvalue weighted by atomic mass is 10.1. The Hall–Kier alpha value is -1.91. The molecule has 2 aromatic rings. The molecule has 0 aliphatic heterocycles. The number of nitrogens with zero attached hydrogens (tertiary/aromatic N) is 4. The number of nitrogens with two attached hydrogens (primary N) is 1. The van der Waals surface area contributed by atoms with Gasteiger partial charge in [0, 0.05) is 24.5 Å². The fraction of sp³-hybridized carbons (Fsp3) is 0.417. The minimum absolute atomic E-state index is 0.509. The second-order valence-electron chi connectivity index (χ2n) is 4.13. The van der Waals surface area contributed by atoms with Crippen molar-refractivity contribution in [1.29, 1.82) is 0 Å². The Morgan fingerprint density at radius 3 is 2.53 bits per heavy atom. The van der Waals surface area contributed by atoms with E-state index in [-0.39, 0.29) is 0 Å². The first kappa shape index (κ1) is 11.6. The molecule has 0 aliphatic carbocycles. The molecule has 0 bridgehead atoms.